The number of carbonyl (C=O) groups is 1. The van der Waals surface area contributed by atoms with Crippen molar-refractivity contribution in [3.8, 4) is 11.5 Å². The first-order chi connectivity index (χ1) is 15.3. The second-order valence-corrected chi connectivity index (χ2v) is 6.23. The molecule has 0 spiro atoms. The highest BCUT2D eigenvalue weighted by molar-refractivity contribution is 5.85. The summed E-state index contributed by atoms with van der Waals surface area (Å²) < 4.78 is 11.0. The molecule has 32 heavy (non-hydrogen) atoms. The molecule has 14 nitrogen and oxygen atoms in total. The van der Waals surface area contributed by atoms with Crippen LogP contribution in [-0.2, 0) is 4.79 Å². The zero-order chi connectivity index (χ0) is 23.5. The number of nitro groups is 1. The topological polar surface area (TPSA) is 194 Å². The standard InChI is InChI=1S/C18H23N7O7/c1-3-7-32-15-12(25(29)30)8-11(9-13(15)31-4-2)10-20-22-14(26)5-6-19-16-17(27)21-18(28)24-23-16/h8-10H,3-7H2,1-2H3,(H,19,23)(H,22,26)(H2,21,24,27,28)/b20-10+. The van der Waals surface area contributed by atoms with Crippen LogP contribution in [-0.4, -0.2) is 52.0 Å². The minimum Gasteiger partial charge on any atom is -0.490 e. The van der Waals surface area contributed by atoms with E-state index in [4.69, 9.17) is 9.47 Å². The summed E-state index contributed by atoms with van der Waals surface area (Å²) in [7, 11) is 0. The molecule has 172 valence electrons. The summed E-state index contributed by atoms with van der Waals surface area (Å²) in [5, 5.41) is 23.4. The molecule has 2 rings (SSSR count). The molecule has 0 bridgehead atoms. The summed E-state index contributed by atoms with van der Waals surface area (Å²) in [6.45, 7) is 4.23. The molecule has 0 radical (unpaired) electrons. The summed E-state index contributed by atoms with van der Waals surface area (Å²) in [6, 6.07) is 2.78. The van der Waals surface area contributed by atoms with Crippen LogP contribution in [0.25, 0.3) is 0 Å². The number of aromatic amines is 2. The van der Waals surface area contributed by atoms with Crippen LogP contribution in [0.2, 0.25) is 0 Å². The average molecular weight is 449 g/mol. The molecule has 4 N–H and O–H groups in total. The zero-order valence-corrected chi connectivity index (χ0v) is 17.5. The number of hydrazone groups is 1. The van der Waals surface area contributed by atoms with E-state index in [9.17, 15) is 24.5 Å². The van der Waals surface area contributed by atoms with Gasteiger partial charge in [0.2, 0.25) is 17.5 Å². The van der Waals surface area contributed by atoms with Gasteiger partial charge >= 0.3 is 11.4 Å². The quantitative estimate of drug-likeness (QED) is 0.203. The fourth-order valence-electron chi connectivity index (χ4n) is 2.43. The number of carbonyl (C=O) groups excluding carboxylic acids is 1. The number of H-pyrrole nitrogens is 2. The number of hydrogen-bond donors (Lipinski definition) is 4. The molecule has 1 aromatic carbocycles. The van der Waals surface area contributed by atoms with Crippen LogP contribution in [0.1, 0.15) is 32.3 Å². The van der Waals surface area contributed by atoms with Gasteiger partial charge in [-0.05, 0) is 19.4 Å². The lowest BCUT2D eigenvalue weighted by atomic mass is 10.2. The molecule has 0 saturated carbocycles. The van der Waals surface area contributed by atoms with E-state index in [0.717, 1.165) is 0 Å². The summed E-state index contributed by atoms with van der Waals surface area (Å²) in [5.41, 5.74) is 0.860. The lowest BCUT2D eigenvalue weighted by Gasteiger charge is -2.12. The maximum absolute atomic E-state index is 11.9. The Morgan fingerprint density at radius 1 is 1.31 bits per heavy atom. The van der Waals surface area contributed by atoms with E-state index in [2.05, 4.69) is 26.0 Å². The maximum Gasteiger partial charge on any atom is 0.342 e. The van der Waals surface area contributed by atoms with Crippen molar-refractivity contribution in [1.29, 1.82) is 0 Å². The van der Waals surface area contributed by atoms with Gasteiger partial charge in [-0.25, -0.2) is 15.3 Å². The highest BCUT2D eigenvalue weighted by Crippen LogP contribution is 2.38. The van der Waals surface area contributed by atoms with E-state index in [0.29, 0.717) is 18.6 Å². The van der Waals surface area contributed by atoms with Gasteiger partial charge in [0.15, 0.2) is 5.75 Å². The van der Waals surface area contributed by atoms with Gasteiger partial charge in [0.05, 0.1) is 24.4 Å². The second kappa shape index (κ2) is 11.8. The van der Waals surface area contributed by atoms with Gasteiger partial charge in [-0.2, -0.15) is 5.10 Å². The Hall–Kier alpha value is -4.23. The highest BCUT2D eigenvalue weighted by Gasteiger charge is 2.22. The molecule has 2 aromatic rings. The predicted octanol–water partition coefficient (Wildman–Crippen LogP) is 0.506. The number of anilines is 1. The van der Waals surface area contributed by atoms with Gasteiger partial charge in [0.25, 0.3) is 5.56 Å². The maximum atomic E-state index is 11.9. The largest absolute Gasteiger partial charge is 0.490 e. The summed E-state index contributed by atoms with van der Waals surface area (Å²) in [6.07, 6.45) is 1.84. The minimum atomic E-state index is -0.745. The van der Waals surface area contributed by atoms with Gasteiger partial charge in [0.1, 0.15) is 0 Å². The van der Waals surface area contributed by atoms with E-state index in [-0.39, 0.29) is 42.6 Å². The molecule has 0 saturated heterocycles. The predicted molar refractivity (Wildman–Crippen MR) is 114 cm³/mol. The molecule has 14 heteroatoms. The Morgan fingerprint density at radius 3 is 2.75 bits per heavy atom. The van der Waals surface area contributed by atoms with Crippen molar-refractivity contribution in [2.45, 2.75) is 26.7 Å². The van der Waals surface area contributed by atoms with E-state index < -0.39 is 22.1 Å². The van der Waals surface area contributed by atoms with E-state index in [1.54, 1.807) is 6.92 Å². The first-order valence-electron chi connectivity index (χ1n) is 9.68. The SMILES string of the molecule is CCCOc1c(OCC)cc(/C=N/NC(=O)CCNc2n[nH]c(=O)[nH]c2=O)cc1[N+](=O)[O-]. The molecule has 0 unspecified atom stereocenters. The Bertz CT molecular complexity index is 1090. The Morgan fingerprint density at radius 2 is 2.09 bits per heavy atom. The van der Waals surface area contributed by atoms with Crippen LogP contribution in [0, 0.1) is 10.1 Å². The number of nitrogens with zero attached hydrogens (tertiary/aromatic N) is 3. The molecule has 1 aromatic heterocycles. The van der Waals surface area contributed by atoms with Crippen LogP contribution in [0.5, 0.6) is 11.5 Å². The van der Waals surface area contributed by atoms with E-state index in [1.807, 2.05) is 11.9 Å². The normalized spacial score (nSPS) is 10.7. The molecular weight excluding hydrogens is 426 g/mol. The molecule has 0 aliphatic carbocycles. The monoisotopic (exact) mass is 449 g/mol. The number of amides is 1. The summed E-state index contributed by atoms with van der Waals surface area (Å²) >= 11 is 0. The number of nitro benzene ring substituents is 1. The number of hydrogen-bond acceptors (Lipinski definition) is 10. The highest BCUT2D eigenvalue weighted by atomic mass is 16.6. The number of ether oxygens (including phenoxy) is 2. The smallest absolute Gasteiger partial charge is 0.342 e. The Labute approximate surface area is 181 Å². The molecule has 0 aliphatic heterocycles. The Kier molecular flexibility index (Phi) is 8.89. The van der Waals surface area contributed by atoms with E-state index >= 15 is 0 Å². The summed E-state index contributed by atoms with van der Waals surface area (Å²) in [5.74, 6) is -0.387. The fraction of sp³-hybridized carbons (Fsp3) is 0.389. The molecule has 0 fully saturated rings. The van der Waals surface area contributed by atoms with Crippen LogP contribution in [0.4, 0.5) is 11.5 Å². The molecule has 0 aliphatic rings. The molecule has 1 heterocycles. The third kappa shape index (κ3) is 6.93. The van der Waals surface area contributed by atoms with Crippen LogP contribution < -0.4 is 31.5 Å². The van der Waals surface area contributed by atoms with Gasteiger partial charge in [-0.15, -0.1) is 5.10 Å². The lowest BCUT2D eigenvalue weighted by molar-refractivity contribution is -0.386. The third-order valence-corrected chi connectivity index (χ3v) is 3.76. The van der Waals surface area contributed by atoms with E-state index in [1.165, 1.54) is 18.3 Å². The van der Waals surface area contributed by atoms with Crippen molar-refractivity contribution in [3.05, 3.63) is 48.6 Å². The van der Waals surface area contributed by atoms with Crippen LogP contribution in [0.15, 0.2) is 26.8 Å². The number of rotatable bonds is 12. The van der Waals surface area contributed by atoms with Gasteiger partial charge in [0, 0.05) is 24.6 Å². The van der Waals surface area contributed by atoms with Crippen molar-refractivity contribution in [3.63, 3.8) is 0 Å². The number of benzene rings is 1. The molecule has 1 amide bonds. The van der Waals surface area contributed by atoms with Crippen molar-refractivity contribution >= 4 is 23.6 Å². The van der Waals surface area contributed by atoms with Crippen molar-refractivity contribution in [1.82, 2.24) is 20.6 Å². The van der Waals surface area contributed by atoms with Gasteiger partial charge < -0.3 is 14.8 Å². The van der Waals surface area contributed by atoms with Crippen molar-refractivity contribution in [2.24, 2.45) is 5.10 Å². The third-order valence-electron chi connectivity index (χ3n) is 3.76. The first kappa shape index (κ1) is 24.0. The van der Waals surface area contributed by atoms with Crippen molar-refractivity contribution in [2.75, 3.05) is 25.1 Å². The second-order valence-electron chi connectivity index (χ2n) is 6.23. The first-order valence-corrected chi connectivity index (χ1v) is 9.68. The number of nitrogens with one attached hydrogen (secondary N) is 4. The van der Waals surface area contributed by atoms with Gasteiger partial charge in [-0.3, -0.25) is 24.7 Å². The minimum absolute atomic E-state index is 0.0387. The summed E-state index contributed by atoms with van der Waals surface area (Å²) in [4.78, 5) is 47.1. The Balaban J connectivity index is 2.01. The number of aromatic nitrogens is 3. The van der Waals surface area contributed by atoms with Crippen LogP contribution in [0.3, 0.4) is 0 Å². The molecule has 0 atom stereocenters. The zero-order valence-electron chi connectivity index (χ0n) is 17.5. The fourth-order valence-corrected chi connectivity index (χ4v) is 2.43. The van der Waals surface area contributed by atoms with Crippen LogP contribution >= 0.6 is 0 Å². The average Bonchev–Trinajstić information content (AvgIpc) is 2.74. The lowest BCUT2D eigenvalue weighted by Crippen LogP contribution is -2.28. The van der Waals surface area contributed by atoms with Gasteiger partial charge in [-0.1, -0.05) is 6.92 Å². The van der Waals surface area contributed by atoms with Crippen molar-refractivity contribution < 1.29 is 19.2 Å². The molecular formula is C18H23N7O7.